The summed E-state index contributed by atoms with van der Waals surface area (Å²) in [5.74, 6) is 0. The molecular formula is C4H8N4O4Zr. The van der Waals surface area contributed by atoms with Crippen LogP contribution in [0.25, 0.3) is 0 Å². The second-order valence-corrected chi connectivity index (χ2v) is 10.7. The van der Waals surface area contributed by atoms with Crippen molar-refractivity contribution in [2.75, 3.05) is 0 Å². The Hall–Kier alpha value is -1.24. The van der Waals surface area contributed by atoms with E-state index >= 15 is 0 Å². The van der Waals surface area contributed by atoms with Crippen LogP contribution in [0.1, 0.15) is 0 Å². The van der Waals surface area contributed by atoms with Gasteiger partial charge in [0.15, 0.2) is 0 Å². The molecule has 13 heavy (non-hydrogen) atoms. The van der Waals surface area contributed by atoms with E-state index in [1.807, 2.05) is 0 Å². The molecule has 0 aromatic rings. The second-order valence-electron chi connectivity index (χ2n) is 2.21. The van der Waals surface area contributed by atoms with Crippen molar-refractivity contribution in [3.8, 4) is 0 Å². The number of hydrogen-bond donors (Lipinski definition) is 4. The van der Waals surface area contributed by atoms with E-state index in [9.17, 15) is 19.2 Å². The van der Waals surface area contributed by atoms with Crippen molar-refractivity contribution < 1.29 is 39.4 Å². The van der Waals surface area contributed by atoms with Crippen molar-refractivity contribution in [1.29, 1.82) is 0 Å². The number of hydrogen-bond acceptors (Lipinski definition) is 4. The molecule has 9 heteroatoms. The summed E-state index contributed by atoms with van der Waals surface area (Å²) >= 11 is -5.37. The summed E-state index contributed by atoms with van der Waals surface area (Å²) in [6.45, 7) is 0. The summed E-state index contributed by atoms with van der Waals surface area (Å²) in [6, 6.07) is 0. The van der Waals surface area contributed by atoms with Crippen LogP contribution in [0.5, 0.6) is 0 Å². The molecule has 0 radical (unpaired) electrons. The molecule has 8 nitrogen and oxygen atoms in total. The van der Waals surface area contributed by atoms with Crippen LogP contribution in [0.15, 0.2) is 0 Å². The first-order valence-electron chi connectivity index (χ1n) is 2.97. The van der Waals surface area contributed by atoms with Crippen LogP contribution in [-0.2, 0) is 20.3 Å². The van der Waals surface area contributed by atoms with E-state index in [0.717, 1.165) is 0 Å². The molecule has 0 fully saturated rings. The van der Waals surface area contributed by atoms with Crippen LogP contribution in [-0.4, -0.2) is 14.5 Å². The number of carbonyl (C=O) groups is 4. The average Bonchev–Trinajstić information content (AvgIpc) is 1.82. The minimum absolute atomic E-state index is 1.37. The Morgan fingerprint density at radius 1 is 0.615 bits per heavy atom. The number of nitrogens with two attached hydrogens (primary N) is 4. The Balaban J connectivity index is 5.60. The molecule has 0 aliphatic carbocycles. The standard InChI is InChI=1S/4CH2NO.Zr/c4*2-1-3;/h4*(H2,2,3);. The third-order valence-electron chi connectivity index (χ3n) is 1.48. The monoisotopic (exact) mass is 266 g/mol. The number of amides is 4. The van der Waals surface area contributed by atoms with Gasteiger partial charge in [-0.2, -0.15) is 0 Å². The molecule has 0 aromatic carbocycles. The summed E-state index contributed by atoms with van der Waals surface area (Å²) < 4.78 is -5.49. The zero-order chi connectivity index (χ0) is 10.8. The van der Waals surface area contributed by atoms with Gasteiger partial charge in [-0.05, 0) is 0 Å². The van der Waals surface area contributed by atoms with E-state index in [0.29, 0.717) is 0 Å². The zero-order valence-electron chi connectivity index (χ0n) is 6.44. The summed E-state index contributed by atoms with van der Waals surface area (Å²) in [4.78, 5) is 43.0. The summed E-state index contributed by atoms with van der Waals surface area (Å²) in [7, 11) is 0. The van der Waals surface area contributed by atoms with E-state index in [4.69, 9.17) is 22.9 Å². The Morgan fingerprint density at radius 2 is 0.769 bits per heavy atom. The third-order valence-corrected chi connectivity index (χ3v) is 8.75. The maximum absolute atomic E-state index is 10.8. The van der Waals surface area contributed by atoms with E-state index in [1.165, 1.54) is 0 Å². The molecule has 0 spiro atoms. The van der Waals surface area contributed by atoms with Crippen LogP contribution in [0.2, 0.25) is 0 Å². The molecule has 0 saturated carbocycles. The molecule has 8 N–H and O–H groups in total. The molecule has 0 aromatic heterocycles. The van der Waals surface area contributed by atoms with Gasteiger partial charge in [0.2, 0.25) is 0 Å². The first kappa shape index (κ1) is 11.8. The van der Waals surface area contributed by atoms with Crippen molar-refractivity contribution in [3.63, 3.8) is 0 Å². The third kappa shape index (κ3) is 1.60. The molecule has 72 valence electrons. The van der Waals surface area contributed by atoms with Gasteiger partial charge < -0.3 is 0 Å². The number of primary amides is 4. The normalized spacial score (nSPS) is 10.5. The van der Waals surface area contributed by atoms with Gasteiger partial charge in [0, 0.05) is 0 Å². The Morgan fingerprint density at radius 3 is 0.769 bits per heavy atom. The summed E-state index contributed by atoms with van der Waals surface area (Å²) in [5, 5.41) is 0. The van der Waals surface area contributed by atoms with Gasteiger partial charge in [-0.15, -0.1) is 0 Å². The number of rotatable bonds is 4. The first-order chi connectivity index (χ1) is 5.77. The summed E-state index contributed by atoms with van der Waals surface area (Å²) in [5.41, 5.74) is 18.9. The van der Waals surface area contributed by atoms with E-state index in [-0.39, 0.29) is 0 Å². The molecule has 0 atom stereocenters. The molecule has 4 amide bonds. The molecule has 0 bridgehead atoms. The Kier molecular flexibility index (Phi) is 3.30. The van der Waals surface area contributed by atoms with E-state index in [1.54, 1.807) is 0 Å². The predicted octanol–water partition coefficient (Wildman–Crippen LogP) is -1.54. The van der Waals surface area contributed by atoms with Crippen LogP contribution in [0.3, 0.4) is 0 Å². The second kappa shape index (κ2) is 3.65. The van der Waals surface area contributed by atoms with E-state index < -0.39 is 34.7 Å². The fraction of sp³-hybridized carbons (Fsp3) is 0. The van der Waals surface area contributed by atoms with Crippen LogP contribution in [0.4, 0.5) is 19.2 Å². The molecule has 0 saturated heterocycles. The van der Waals surface area contributed by atoms with E-state index in [2.05, 4.69) is 0 Å². The zero-order valence-corrected chi connectivity index (χ0v) is 8.90. The van der Waals surface area contributed by atoms with Gasteiger partial charge in [-0.3, -0.25) is 0 Å². The van der Waals surface area contributed by atoms with Gasteiger partial charge in [0.1, 0.15) is 0 Å². The van der Waals surface area contributed by atoms with Crippen molar-refractivity contribution in [1.82, 2.24) is 0 Å². The van der Waals surface area contributed by atoms with Crippen molar-refractivity contribution in [3.05, 3.63) is 0 Å². The SMILES string of the molecule is N[C](=O)[Zr]([C](N)=O)([C](N)=O)[C](N)=O. The Labute approximate surface area is 77.0 Å². The predicted molar refractivity (Wildman–Crippen MR) is 38.3 cm³/mol. The van der Waals surface area contributed by atoms with Crippen LogP contribution < -0.4 is 22.9 Å². The minimum atomic E-state index is -5.37. The van der Waals surface area contributed by atoms with Gasteiger partial charge in [-0.25, -0.2) is 0 Å². The summed E-state index contributed by atoms with van der Waals surface area (Å²) in [6.07, 6.45) is 0. The molecular weight excluding hydrogens is 259 g/mol. The molecule has 0 unspecified atom stereocenters. The fourth-order valence-corrected chi connectivity index (χ4v) is 4.31. The molecule has 0 aliphatic heterocycles. The van der Waals surface area contributed by atoms with Gasteiger partial charge >= 0.3 is 76.8 Å². The van der Waals surface area contributed by atoms with Gasteiger partial charge in [0.25, 0.3) is 0 Å². The molecule has 0 rings (SSSR count). The van der Waals surface area contributed by atoms with Gasteiger partial charge in [-0.1, -0.05) is 0 Å². The first-order valence-corrected chi connectivity index (χ1v) is 7.89. The topological polar surface area (TPSA) is 172 Å². The van der Waals surface area contributed by atoms with Crippen molar-refractivity contribution in [2.24, 2.45) is 22.9 Å². The van der Waals surface area contributed by atoms with Crippen LogP contribution in [0, 0.1) is 0 Å². The van der Waals surface area contributed by atoms with Crippen LogP contribution >= 0.6 is 0 Å². The molecule has 0 heterocycles. The van der Waals surface area contributed by atoms with Gasteiger partial charge in [0.05, 0.1) is 0 Å². The number of carbonyl (C=O) groups excluding carboxylic acids is 4. The fourth-order valence-electron chi connectivity index (χ4n) is 0.729. The average molecular weight is 267 g/mol. The molecule has 0 aliphatic rings. The quantitative estimate of drug-likeness (QED) is 0.483. The van der Waals surface area contributed by atoms with Crippen molar-refractivity contribution in [2.45, 2.75) is 0 Å². The van der Waals surface area contributed by atoms with Crippen molar-refractivity contribution >= 4 is 14.5 Å². The maximum atomic E-state index is 10.8. The Bertz CT molecular complexity index is 239.